The van der Waals surface area contributed by atoms with Crippen LogP contribution in [0, 0.1) is 6.92 Å². The minimum Gasteiger partial charge on any atom is -0.367 e. The van der Waals surface area contributed by atoms with Crippen molar-refractivity contribution < 1.29 is 4.52 Å². The molecule has 0 aliphatic carbocycles. The molecule has 0 atom stereocenters. The Morgan fingerprint density at radius 3 is 2.60 bits per heavy atom. The van der Waals surface area contributed by atoms with Gasteiger partial charge in [-0.25, -0.2) is 0 Å². The number of rotatable bonds is 6. The summed E-state index contributed by atoms with van der Waals surface area (Å²) in [6, 6.07) is 10.9. The fourth-order valence-corrected chi connectivity index (χ4v) is 1.95. The molecule has 1 heterocycles. The van der Waals surface area contributed by atoms with E-state index in [0.29, 0.717) is 6.04 Å². The van der Waals surface area contributed by atoms with E-state index in [1.165, 1.54) is 11.3 Å². The van der Waals surface area contributed by atoms with Gasteiger partial charge in [0.15, 0.2) is 5.76 Å². The molecule has 0 amide bonds. The maximum Gasteiger partial charge on any atom is 0.156 e. The van der Waals surface area contributed by atoms with Crippen LogP contribution >= 0.6 is 0 Å². The zero-order valence-corrected chi connectivity index (χ0v) is 12.7. The first kappa shape index (κ1) is 14.6. The lowest BCUT2D eigenvalue weighted by Crippen LogP contribution is -2.21. The average molecular weight is 273 g/mol. The van der Waals surface area contributed by atoms with Gasteiger partial charge < -0.3 is 14.7 Å². The highest BCUT2D eigenvalue weighted by Crippen LogP contribution is 2.16. The zero-order chi connectivity index (χ0) is 14.5. The third-order valence-corrected chi connectivity index (χ3v) is 3.17. The number of aryl methyl sites for hydroxylation is 1. The highest BCUT2D eigenvalue weighted by atomic mass is 16.5. The van der Waals surface area contributed by atoms with Gasteiger partial charge in [-0.2, -0.15) is 0 Å². The number of hydrogen-bond acceptors (Lipinski definition) is 4. The number of hydrogen-bond donors (Lipinski definition) is 1. The standard InChI is InChI=1S/C16H23N3O/c1-12(2)17-10-14-9-16(20-18-14)11-19(4)15-7-5-13(3)6-8-15/h5-9,12,17H,10-11H2,1-4H3. The second-order valence-electron chi connectivity index (χ2n) is 5.51. The van der Waals surface area contributed by atoms with Crippen molar-refractivity contribution in [3.8, 4) is 0 Å². The molecule has 0 saturated carbocycles. The van der Waals surface area contributed by atoms with E-state index in [1.807, 2.05) is 6.07 Å². The number of anilines is 1. The molecule has 0 fully saturated rings. The molecule has 2 rings (SSSR count). The summed E-state index contributed by atoms with van der Waals surface area (Å²) in [6.07, 6.45) is 0. The first-order chi connectivity index (χ1) is 9.54. The normalized spacial score (nSPS) is 11.1. The quantitative estimate of drug-likeness (QED) is 0.878. The summed E-state index contributed by atoms with van der Waals surface area (Å²) >= 11 is 0. The SMILES string of the molecule is Cc1ccc(N(C)Cc2cc(CNC(C)C)no2)cc1. The van der Waals surface area contributed by atoms with Gasteiger partial charge in [-0.15, -0.1) is 0 Å². The highest BCUT2D eigenvalue weighted by Gasteiger charge is 2.08. The van der Waals surface area contributed by atoms with E-state index in [0.717, 1.165) is 24.5 Å². The van der Waals surface area contributed by atoms with Gasteiger partial charge in [0, 0.05) is 31.4 Å². The Balaban J connectivity index is 1.94. The Hall–Kier alpha value is -1.81. The molecule has 4 nitrogen and oxygen atoms in total. The molecule has 1 aromatic carbocycles. The van der Waals surface area contributed by atoms with Crippen LogP contribution in [-0.4, -0.2) is 18.2 Å². The lowest BCUT2D eigenvalue weighted by molar-refractivity contribution is 0.374. The Morgan fingerprint density at radius 1 is 1.25 bits per heavy atom. The predicted molar refractivity (Wildman–Crippen MR) is 81.8 cm³/mol. The van der Waals surface area contributed by atoms with Crippen molar-refractivity contribution in [1.82, 2.24) is 10.5 Å². The molecule has 20 heavy (non-hydrogen) atoms. The lowest BCUT2D eigenvalue weighted by atomic mass is 10.2. The topological polar surface area (TPSA) is 41.3 Å². The number of benzene rings is 1. The smallest absolute Gasteiger partial charge is 0.156 e. The molecule has 2 aromatic rings. The zero-order valence-electron chi connectivity index (χ0n) is 12.7. The van der Waals surface area contributed by atoms with Crippen LogP contribution in [0.5, 0.6) is 0 Å². The molecular formula is C16H23N3O. The summed E-state index contributed by atoms with van der Waals surface area (Å²) < 4.78 is 5.38. The molecule has 0 radical (unpaired) electrons. The van der Waals surface area contributed by atoms with Crippen LogP contribution in [0.2, 0.25) is 0 Å². The van der Waals surface area contributed by atoms with Crippen LogP contribution in [0.3, 0.4) is 0 Å². The third kappa shape index (κ3) is 4.10. The molecule has 0 spiro atoms. The minimum atomic E-state index is 0.449. The van der Waals surface area contributed by atoms with Crippen LogP contribution in [0.15, 0.2) is 34.9 Å². The average Bonchev–Trinajstić information content (AvgIpc) is 2.84. The summed E-state index contributed by atoms with van der Waals surface area (Å²) in [4.78, 5) is 2.15. The molecule has 1 N–H and O–H groups in total. The van der Waals surface area contributed by atoms with Crippen LogP contribution in [0.25, 0.3) is 0 Å². The van der Waals surface area contributed by atoms with E-state index in [2.05, 4.69) is 67.5 Å². The summed E-state index contributed by atoms with van der Waals surface area (Å²) in [5, 5.41) is 7.42. The molecule has 0 aliphatic rings. The third-order valence-electron chi connectivity index (χ3n) is 3.17. The molecule has 0 bridgehead atoms. The number of aromatic nitrogens is 1. The van der Waals surface area contributed by atoms with Crippen LogP contribution < -0.4 is 10.2 Å². The minimum absolute atomic E-state index is 0.449. The van der Waals surface area contributed by atoms with Crippen molar-refractivity contribution in [2.45, 2.75) is 39.9 Å². The molecule has 1 aromatic heterocycles. The molecule has 4 heteroatoms. The molecular weight excluding hydrogens is 250 g/mol. The van der Waals surface area contributed by atoms with Gasteiger partial charge in [0.2, 0.25) is 0 Å². The van der Waals surface area contributed by atoms with Crippen LogP contribution in [-0.2, 0) is 13.1 Å². The molecule has 0 unspecified atom stereocenters. The van der Waals surface area contributed by atoms with E-state index in [9.17, 15) is 0 Å². The van der Waals surface area contributed by atoms with Crippen LogP contribution in [0.1, 0.15) is 30.9 Å². The fourth-order valence-electron chi connectivity index (χ4n) is 1.95. The first-order valence-corrected chi connectivity index (χ1v) is 7.00. The number of nitrogens with one attached hydrogen (secondary N) is 1. The molecule has 0 aliphatic heterocycles. The maximum atomic E-state index is 5.38. The second kappa shape index (κ2) is 6.57. The van der Waals surface area contributed by atoms with E-state index >= 15 is 0 Å². The summed E-state index contributed by atoms with van der Waals surface area (Å²) in [7, 11) is 2.05. The first-order valence-electron chi connectivity index (χ1n) is 7.00. The second-order valence-corrected chi connectivity index (χ2v) is 5.51. The summed E-state index contributed by atoms with van der Waals surface area (Å²) in [5.41, 5.74) is 3.39. The Kier molecular flexibility index (Phi) is 4.79. The van der Waals surface area contributed by atoms with Crippen molar-refractivity contribution in [1.29, 1.82) is 0 Å². The Morgan fingerprint density at radius 2 is 1.95 bits per heavy atom. The van der Waals surface area contributed by atoms with Gasteiger partial charge in [0.25, 0.3) is 0 Å². The van der Waals surface area contributed by atoms with Crippen molar-refractivity contribution >= 4 is 5.69 Å². The number of nitrogens with zero attached hydrogens (tertiary/aromatic N) is 2. The van der Waals surface area contributed by atoms with Crippen molar-refractivity contribution in [3.05, 3.63) is 47.3 Å². The van der Waals surface area contributed by atoms with Crippen LogP contribution in [0.4, 0.5) is 5.69 Å². The van der Waals surface area contributed by atoms with Gasteiger partial charge in [-0.05, 0) is 19.1 Å². The van der Waals surface area contributed by atoms with E-state index < -0.39 is 0 Å². The van der Waals surface area contributed by atoms with Gasteiger partial charge in [-0.3, -0.25) is 0 Å². The van der Waals surface area contributed by atoms with E-state index in [1.54, 1.807) is 0 Å². The van der Waals surface area contributed by atoms with Crippen molar-refractivity contribution in [2.24, 2.45) is 0 Å². The van der Waals surface area contributed by atoms with E-state index in [4.69, 9.17) is 4.52 Å². The molecule has 0 saturated heterocycles. The fraction of sp³-hybridized carbons (Fsp3) is 0.438. The predicted octanol–water partition coefficient (Wildman–Crippen LogP) is 3.12. The van der Waals surface area contributed by atoms with Crippen molar-refractivity contribution in [2.75, 3.05) is 11.9 Å². The monoisotopic (exact) mass is 273 g/mol. The highest BCUT2D eigenvalue weighted by molar-refractivity contribution is 5.46. The maximum absolute atomic E-state index is 5.38. The van der Waals surface area contributed by atoms with E-state index in [-0.39, 0.29) is 0 Å². The lowest BCUT2D eigenvalue weighted by Gasteiger charge is -2.17. The Labute approximate surface area is 120 Å². The molecule has 108 valence electrons. The summed E-state index contributed by atoms with van der Waals surface area (Å²) in [5.74, 6) is 0.883. The Bertz CT molecular complexity index is 531. The summed E-state index contributed by atoms with van der Waals surface area (Å²) in [6.45, 7) is 7.79. The largest absolute Gasteiger partial charge is 0.367 e. The van der Waals surface area contributed by atoms with Gasteiger partial charge in [-0.1, -0.05) is 36.7 Å². The van der Waals surface area contributed by atoms with Gasteiger partial charge >= 0.3 is 0 Å². The van der Waals surface area contributed by atoms with Gasteiger partial charge in [0.1, 0.15) is 0 Å². The van der Waals surface area contributed by atoms with Crippen molar-refractivity contribution in [3.63, 3.8) is 0 Å². The van der Waals surface area contributed by atoms with Gasteiger partial charge in [0.05, 0.1) is 12.2 Å².